The third kappa shape index (κ3) is 38.8. The Balaban J connectivity index is 3.93. The normalized spacial score (nSPS) is 13.4. The lowest BCUT2D eigenvalue weighted by Crippen LogP contribution is -2.12. The van der Waals surface area contributed by atoms with Crippen LogP contribution in [0.2, 0.25) is 0 Å². The van der Waals surface area contributed by atoms with E-state index in [9.17, 15) is 0 Å². The van der Waals surface area contributed by atoms with Gasteiger partial charge in [0.1, 0.15) is 0 Å². The van der Waals surface area contributed by atoms with Crippen molar-refractivity contribution in [3.63, 3.8) is 0 Å². The fourth-order valence-electron chi connectivity index (χ4n) is 5.94. The summed E-state index contributed by atoms with van der Waals surface area (Å²) < 4.78 is 0. The van der Waals surface area contributed by atoms with Crippen molar-refractivity contribution in [1.82, 2.24) is 4.90 Å². The van der Waals surface area contributed by atoms with Gasteiger partial charge >= 0.3 is 0 Å². The Morgan fingerprint density at radius 2 is 0.733 bits per heavy atom. The van der Waals surface area contributed by atoms with E-state index in [1.54, 1.807) is 0 Å². The molecule has 45 heavy (non-hydrogen) atoms. The van der Waals surface area contributed by atoms with E-state index in [0.29, 0.717) is 0 Å². The molecule has 0 aliphatic rings. The lowest BCUT2D eigenvalue weighted by atomic mass is 9.93. The summed E-state index contributed by atoms with van der Waals surface area (Å²) in [5.74, 6) is 0.806. The van der Waals surface area contributed by atoms with Gasteiger partial charge in [0.2, 0.25) is 0 Å². The van der Waals surface area contributed by atoms with Gasteiger partial charge in [0.05, 0.1) is 0 Å². The number of allylic oxidation sites excluding steroid dienone is 10. The predicted molar refractivity (Wildman–Crippen MR) is 208 cm³/mol. The molecule has 0 aliphatic heterocycles. The predicted octanol–water partition coefficient (Wildman–Crippen LogP) is 14.9. The first-order chi connectivity index (χ1) is 22.2. The van der Waals surface area contributed by atoms with Crippen LogP contribution in [0.15, 0.2) is 60.8 Å². The van der Waals surface area contributed by atoms with Gasteiger partial charge in [0, 0.05) is 0 Å². The Bertz CT molecular complexity index is 646. The molecule has 0 aromatic heterocycles. The second-order valence-electron chi connectivity index (χ2n) is 13.9. The maximum absolute atomic E-state index is 2.59. The Kier molecular flexibility index (Phi) is 37.7. The van der Waals surface area contributed by atoms with E-state index in [-0.39, 0.29) is 0 Å². The molecule has 0 rings (SSSR count). The fourth-order valence-corrected chi connectivity index (χ4v) is 5.94. The lowest BCUT2D eigenvalue weighted by molar-refractivity contribution is 0.401. The van der Waals surface area contributed by atoms with E-state index in [1.807, 2.05) is 0 Å². The minimum absolute atomic E-state index is 0.806. The van der Waals surface area contributed by atoms with Crippen LogP contribution in [0.4, 0.5) is 0 Å². The summed E-state index contributed by atoms with van der Waals surface area (Å²) in [5.41, 5.74) is 0. The maximum Gasteiger partial charge on any atom is -0.00219 e. The summed E-state index contributed by atoms with van der Waals surface area (Å²) in [6.07, 6.45) is 61.6. The molecule has 0 N–H and O–H groups in total. The molecule has 0 heterocycles. The van der Waals surface area contributed by atoms with E-state index in [1.165, 1.54) is 173 Å². The highest BCUT2D eigenvalue weighted by molar-refractivity contribution is 4.93. The van der Waals surface area contributed by atoms with Crippen molar-refractivity contribution >= 4 is 0 Å². The second-order valence-corrected chi connectivity index (χ2v) is 13.9. The Labute approximate surface area is 285 Å². The molecular weight excluding hydrogens is 542 g/mol. The topological polar surface area (TPSA) is 3.24 Å². The van der Waals surface area contributed by atoms with E-state index in [0.717, 1.165) is 18.8 Å². The third-order valence-corrected chi connectivity index (χ3v) is 8.94. The molecule has 0 saturated heterocycles. The molecule has 1 atom stereocenters. The summed E-state index contributed by atoms with van der Waals surface area (Å²) in [6, 6.07) is 0. The monoisotopic (exact) mass is 624 g/mol. The van der Waals surface area contributed by atoms with Crippen molar-refractivity contribution < 1.29 is 0 Å². The molecule has 0 aromatic rings. The molecular formula is C44H81N. The fraction of sp³-hybridized carbons (Fsp3) is 0.773. The van der Waals surface area contributed by atoms with Crippen LogP contribution in [0.25, 0.3) is 0 Å². The first kappa shape index (κ1) is 43.7. The first-order valence-corrected chi connectivity index (χ1v) is 20.1. The van der Waals surface area contributed by atoms with Crippen molar-refractivity contribution in [2.24, 2.45) is 5.92 Å². The van der Waals surface area contributed by atoms with E-state index >= 15 is 0 Å². The Morgan fingerprint density at radius 3 is 1.13 bits per heavy atom. The summed E-state index contributed by atoms with van der Waals surface area (Å²) in [6.45, 7) is 5.75. The zero-order chi connectivity index (χ0) is 32.7. The largest absolute Gasteiger partial charge is 0.309 e. The molecule has 0 aromatic carbocycles. The average molecular weight is 624 g/mol. The summed E-state index contributed by atoms with van der Waals surface area (Å²) in [5, 5.41) is 0. The molecule has 0 radical (unpaired) electrons. The molecule has 1 heteroatoms. The standard InChI is InChI=1S/C44H81N/c1-5-7-9-11-13-15-17-19-21-23-25-27-29-31-33-36-40-44(42-38-35-39-43-45(3)4)41-37-34-32-30-28-26-24-22-20-18-16-14-12-10-8-6-2/h13-16,19-22,38,42,44H,5-12,17-18,23-37,39-41,43H2,1-4H3/b15-13-,16-14+,21-19-,22-20+,42-38+. The van der Waals surface area contributed by atoms with Gasteiger partial charge in [0.25, 0.3) is 0 Å². The van der Waals surface area contributed by atoms with Crippen LogP contribution in [0, 0.1) is 5.92 Å². The number of unbranched alkanes of at least 4 members (excludes halogenated alkanes) is 19. The van der Waals surface area contributed by atoms with E-state index in [4.69, 9.17) is 0 Å². The number of hydrogen-bond acceptors (Lipinski definition) is 1. The van der Waals surface area contributed by atoms with Crippen molar-refractivity contribution in [1.29, 1.82) is 0 Å². The minimum atomic E-state index is 0.806. The molecule has 0 spiro atoms. The number of nitrogens with zero attached hydrogens (tertiary/aromatic N) is 1. The average Bonchev–Trinajstić information content (AvgIpc) is 3.03. The molecule has 0 bridgehead atoms. The third-order valence-electron chi connectivity index (χ3n) is 8.94. The van der Waals surface area contributed by atoms with Crippen molar-refractivity contribution in [3.8, 4) is 0 Å². The van der Waals surface area contributed by atoms with Crippen LogP contribution >= 0.6 is 0 Å². The summed E-state index contributed by atoms with van der Waals surface area (Å²) in [4.78, 5) is 2.31. The Morgan fingerprint density at radius 1 is 0.378 bits per heavy atom. The molecule has 0 amide bonds. The van der Waals surface area contributed by atoms with Gasteiger partial charge in [-0.2, -0.15) is 0 Å². The highest BCUT2D eigenvalue weighted by Gasteiger charge is 2.05. The second kappa shape index (κ2) is 38.8. The van der Waals surface area contributed by atoms with Crippen LogP contribution < -0.4 is 0 Å². The van der Waals surface area contributed by atoms with Gasteiger partial charge in [0.15, 0.2) is 0 Å². The van der Waals surface area contributed by atoms with Crippen LogP contribution in [0.1, 0.15) is 194 Å². The molecule has 0 aliphatic carbocycles. The van der Waals surface area contributed by atoms with Crippen LogP contribution in [0.5, 0.6) is 0 Å². The zero-order valence-electron chi connectivity index (χ0n) is 31.3. The van der Waals surface area contributed by atoms with E-state index < -0.39 is 0 Å². The molecule has 1 unspecified atom stereocenters. The summed E-state index contributed by atoms with van der Waals surface area (Å²) >= 11 is 0. The van der Waals surface area contributed by atoms with Crippen LogP contribution in [0.3, 0.4) is 0 Å². The number of hydrogen-bond donors (Lipinski definition) is 0. The van der Waals surface area contributed by atoms with Gasteiger partial charge in [-0.15, -0.1) is 0 Å². The number of rotatable bonds is 35. The molecule has 0 saturated carbocycles. The Hall–Kier alpha value is -1.34. The SMILES string of the molecule is CCCCC/C=C\C/C=C\CCCCCCCCC(/C=C/CCCN(C)C)CCCCCCCC/C=C/C/C=C/CCCCC. The smallest absolute Gasteiger partial charge is 0.00219 e. The van der Waals surface area contributed by atoms with Gasteiger partial charge in [-0.3, -0.25) is 0 Å². The van der Waals surface area contributed by atoms with Crippen LogP contribution in [-0.4, -0.2) is 25.5 Å². The van der Waals surface area contributed by atoms with Gasteiger partial charge in [-0.05, 0) is 116 Å². The highest BCUT2D eigenvalue weighted by Crippen LogP contribution is 2.21. The molecule has 262 valence electrons. The highest BCUT2D eigenvalue weighted by atomic mass is 15.0. The van der Waals surface area contributed by atoms with Crippen molar-refractivity contribution in [2.45, 2.75) is 194 Å². The molecule has 0 fully saturated rings. The minimum Gasteiger partial charge on any atom is -0.309 e. The molecule has 1 nitrogen and oxygen atoms in total. The maximum atomic E-state index is 2.59. The van der Waals surface area contributed by atoms with E-state index in [2.05, 4.69) is 93.6 Å². The van der Waals surface area contributed by atoms with Gasteiger partial charge in [-0.1, -0.05) is 164 Å². The zero-order valence-corrected chi connectivity index (χ0v) is 31.3. The summed E-state index contributed by atoms with van der Waals surface area (Å²) in [7, 11) is 4.37. The van der Waals surface area contributed by atoms with Gasteiger partial charge < -0.3 is 4.90 Å². The lowest BCUT2D eigenvalue weighted by Gasteiger charge is -2.13. The van der Waals surface area contributed by atoms with Crippen LogP contribution in [-0.2, 0) is 0 Å². The van der Waals surface area contributed by atoms with Crippen molar-refractivity contribution in [2.75, 3.05) is 20.6 Å². The van der Waals surface area contributed by atoms with Gasteiger partial charge in [-0.25, -0.2) is 0 Å². The first-order valence-electron chi connectivity index (χ1n) is 20.1. The quantitative estimate of drug-likeness (QED) is 0.0501. The van der Waals surface area contributed by atoms with Crippen molar-refractivity contribution in [3.05, 3.63) is 60.8 Å².